The van der Waals surface area contributed by atoms with Gasteiger partial charge in [0.05, 0.1) is 12.5 Å². The second-order valence-electron chi connectivity index (χ2n) is 10.1. The number of hydrogen-bond acceptors (Lipinski definition) is 7. The monoisotopic (exact) mass is 593 g/mol. The lowest BCUT2D eigenvalue weighted by atomic mass is 10.0. The van der Waals surface area contributed by atoms with Gasteiger partial charge in [0.25, 0.3) is 0 Å². The molecule has 0 spiro atoms. The Labute approximate surface area is 246 Å². The van der Waals surface area contributed by atoms with E-state index in [1.165, 1.54) is 0 Å². The molecular formula is C29H35N7O7. The van der Waals surface area contributed by atoms with E-state index in [2.05, 4.69) is 20.9 Å². The Hall–Kier alpha value is -5.24. The van der Waals surface area contributed by atoms with Gasteiger partial charge in [0.1, 0.15) is 18.1 Å². The van der Waals surface area contributed by atoms with Crippen molar-refractivity contribution in [3.8, 4) is 0 Å². The Morgan fingerprint density at radius 3 is 2.00 bits per heavy atom. The predicted molar refractivity (Wildman–Crippen MR) is 156 cm³/mol. The number of carboxylic acids is 1. The molecule has 11 N–H and O–H groups in total. The van der Waals surface area contributed by atoms with Crippen molar-refractivity contribution in [3.05, 3.63) is 71.9 Å². The summed E-state index contributed by atoms with van der Waals surface area (Å²) in [4.78, 5) is 77.3. The van der Waals surface area contributed by atoms with E-state index in [-0.39, 0.29) is 25.7 Å². The van der Waals surface area contributed by atoms with Gasteiger partial charge in [0.2, 0.25) is 29.5 Å². The number of hydrogen-bond donors (Lipinski definition) is 8. The van der Waals surface area contributed by atoms with Gasteiger partial charge in [-0.3, -0.25) is 24.0 Å². The number of para-hydroxylation sites is 1. The van der Waals surface area contributed by atoms with Crippen LogP contribution in [0.15, 0.2) is 60.8 Å². The maximum absolute atomic E-state index is 13.4. The molecule has 3 rings (SSSR count). The van der Waals surface area contributed by atoms with Crippen molar-refractivity contribution < 1.29 is 33.9 Å². The lowest BCUT2D eigenvalue weighted by molar-refractivity contribution is -0.142. The molecule has 0 saturated carbocycles. The minimum Gasteiger partial charge on any atom is -0.480 e. The first-order valence-electron chi connectivity index (χ1n) is 13.5. The average molecular weight is 594 g/mol. The van der Waals surface area contributed by atoms with Gasteiger partial charge in [0.15, 0.2) is 0 Å². The number of carboxylic acid groups (broad SMARTS) is 1. The number of rotatable bonds is 16. The SMILES string of the molecule is NC(=O)CCC(NC(=O)C(Cc1ccccc1)NC(=O)C(N)CC(N)=O)C(=O)NC(Cc1c[nH]c2ccccc12)C(=O)O. The number of benzene rings is 2. The molecule has 43 heavy (non-hydrogen) atoms. The number of carbonyl (C=O) groups excluding carboxylic acids is 5. The molecule has 0 fully saturated rings. The van der Waals surface area contributed by atoms with Crippen LogP contribution in [0.5, 0.6) is 0 Å². The minimum atomic E-state index is -1.38. The summed E-state index contributed by atoms with van der Waals surface area (Å²) in [7, 11) is 0. The van der Waals surface area contributed by atoms with Crippen molar-refractivity contribution in [2.45, 2.75) is 56.3 Å². The molecule has 1 heterocycles. The molecule has 5 amide bonds. The summed E-state index contributed by atoms with van der Waals surface area (Å²) in [6.45, 7) is 0. The van der Waals surface area contributed by atoms with E-state index >= 15 is 0 Å². The first-order chi connectivity index (χ1) is 20.4. The molecule has 228 valence electrons. The number of aromatic nitrogens is 1. The van der Waals surface area contributed by atoms with Gasteiger partial charge in [-0.2, -0.15) is 0 Å². The molecule has 0 saturated heterocycles. The van der Waals surface area contributed by atoms with E-state index in [0.29, 0.717) is 11.1 Å². The van der Waals surface area contributed by atoms with Crippen LogP contribution in [0.1, 0.15) is 30.4 Å². The minimum absolute atomic E-state index is 0.00974. The summed E-state index contributed by atoms with van der Waals surface area (Å²) in [5, 5.41) is 18.1. The van der Waals surface area contributed by atoms with Crippen LogP contribution in [0.3, 0.4) is 0 Å². The second-order valence-corrected chi connectivity index (χ2v) is 10.1. The highest BCUT2D eigenvalue weighted by Gasteiger charge is 2.31. The van der Waals surface area contributed by atoms with Crippen molar-refractivity contribution in [2.24, 2.45) is 17.2 Å². The zero-order valence-electron chi connectivity index (χ0n) is 23.2. The Morgan fingerprint density at radius 1 is 0.744 bits per heavy atom. The van der Waals surface area contributed by atoms with Crippen molar-refractivity contribution in [1.82, 2.24) is 20.9 Å². The van der Waals surface area contributed by atoms with Gasteiger partial charge in [-0.25, -0.2) is 4.79 Å². The summed E-state index contributed by atoms with van der Waals surface area (Å²) in [6, 6.07) is 10.6. The van der Waals surface area contributed by atoms with E-state index in [4.69, 9.17) is 17.2 Å². The van der Waals surface area contributed by atoms with Crippen molar-refractivity contribution in [1.29, 1.82) is 0 Å². The van der Waals surface area contributed by atoms with Crippen molar-refractivity contribution in [3.63, 3.8) is 0 Å². The second kappa shape index (κ2) is 15.1. The lowest BCUT2D eigenvalue weighted by Gasteiger charge is -2.25. The smallest absolute Gasteiger partial charge is 0.326 e. The van der Waals surface area contributed by atoms with E-state index in [9.17, 15) is 33.9 Å². The van der Waals surface area contributed by atoms with E-state index < -0.39 is 66.1 Å². The highest BCUT2D eigenvalue weighted by molar-refractivity contribution is 5.95. The fourth-order valence-electron chi connectivity index (χ4n) is 4.47. The number of primary amides is 2. The molecule has 0 aliphatic carbocycles. The lowest BCUT2D eigenvalue weighted by Crippen LogP contribution is -2.58. The Balaban J connectivity index is 1.80. The maximum Gasteiger partial charge on any atom is 0.326 e. The number of aromatic amines is 1. The van der Waals surface area contributed by atoms with Gasteiger partial charge in [-0.15, -0.1) is 0 Å². The molecule has 14 nitrogen and oxygen atoms in total. The standard InChI is InChI=1S/C29H35N7O7/c30-19(14-25(32)38)26(39)35-22(12-16-6-2-1-3-7-16)28(41)34-21(10-11-24(31)37)27(40)36-23(29(42)43)13-17-15-33-20-9-5-4-8-18(17)20/h1-9,15,19,21-23,33H,10-14,30H2,(H2,31,37)(H2,32,38)(H,34,41)(H,35,39)(H,36,40)(H,42,43). The van der Waals surface area contributed by atoms with Crippen LogP contribution in [0.2, 0.25) is 0 Å². The topological polar surface area (TPSA) is 253 Å². The van der Waals surface area contributed by atoms with Crippen LogP contribution in [0.4, 0.5) is 0 Å². The number of H-pyrrole nitrogens is 1. The molecule has 4 unspecified atom stereocenters. The molecule has 1 aromatic heterocycles. The van der Waals surface area contributed by atoms with Gasteiger partial charge in [-0.05, 0) is 23.6 Å². The highest BCUT2D eigenvalue weighted by atomic mass is 16.4. The zero-order chi connectivity index (χ0) is 31.5. The van der Waals surface area contributed by atoms with Crippen molar-refractivity contribution >= 4 is 46.4 Å². The molecule has 0 aliphatic heterocycles. The van der Waals surface area contributed by atoms with Crippen LogP contribution in [-0.4, -0.2) is 69.8 Å². The van der Waals surface area contributed by atoms with Gasteiger partial charge >= 0.3 is 5.97 Å². The van der Waals surface area contributed by atoms with Gasteiger partial charge in [-0.1, -0.05) is 48.5 Å². The summed E-state index contributed by atoms with van der Waals surface area (Å²) in [6.07, 6.45) is 0.592. The molecule has 2 aromatic carbocycles. The van der Waals surface area contributed by atoms with Gasteiger partial charge < -0.3 is 43.2 Å². The Morgan fingerprint density at radius 2 is 1.35 bits per heavy atom. The van der Waals surface area contributed by atoms with Gasteiger partial charge in [0, 0.05) is 36.4 Å². The van der Waals surface area contributed by atoms with Crippen LogP contribution in [-0.2, 0) is 41.6 Å². The fraction of sp³-hybridized carbons (Fsp3) is 0.310. The number of amides is 5. The molecule has 0 bridgehead atoms. The van der Waals surface area contributed by atoms with E-state index in [1.807, 2.05) is 18.2 Å². The summed E-state index contributed by atoms with van der Waals surface area (Å²) in [5.74, 6) is -5.36. The molecule has 4 atom stereocenters. The molecule has 0 aliphatic rings. The number of carbonyl (C=O) groups is 6. The molecule has 3 aromatic rings. The Kier molecular flexibility index (Phi) is 11.3. The first-order valence-corrected chi connectivity index (χ1v) is 13.5. The average Bonchev–Trinajstić information content (AvgIpc) is 3.37. The maximum atomic E-state index is 13.4. The van der Waals surface area contributed by atoms with Crippen LogP contribution >= 0.6 is 0 Å². The third-order valence-corrected chi connectivity index (χ3v) is 6.70. The molecule has 0 radical (unpaired) electrons. The van der Waals surface area contributed by atoms with E-state index in [1.54, 1.807) is 42.6 Å². The first kappa shape index (κ1) is 32.3. The predicted octanol–water partition coefficient (Wildman–Crippen LogP) is -1.04. The number of nitrogens with two attached hydrogens (primary N) is 3. The Bertz CT molecular complexity index is 1470. The number of fused-ring (bicyclic) bond motifs is 1. The fourth-order valence-corrected chi connectivity index (χ4v) is 4.47. The molecular weight excluding hydrogens is 558 g/mol. The summed E-state index contributed by atoms with van der Waals surface area (Å²) >= 11 is 0. The van der Waals surface area contributed by atoms with E-state index in [0.717, 1.165) is 10.9 Å². The van der Waals surface area contributed by atoms with Crippen LogP contribution in [0, 0.1) is 0 Å². The van der Waals surface area contributed by atoms with Crippen LogP contribution in [0.25, 0.3) is 10.9 Å². The summed E-state index contributed by atoms with van der Waals surface area (Å²) in [5.41, 5.74) is 18.3. The largest absolute Gasteiger partial charge is 0.480 e. The third kappa shape index (κ3) is 9.67. The molecule has 14 heteroatoms. The number of nitrogens with one attached hydrogen (secondary N) is 4. The zero-order valence-corrected chi connectivity index (χ0v) is 23.2. The van der Waals surface area contributed by atoms with Crippen LogP contribution < -0.4 is 33.2 Å². The summed E-state index contributed by atoms with van der Waals surface area (Å²) < 4.78 is 0. The highest BCUT2D eigenvalue weighted by Crippen LogP contribution is 2.19. The normalized spacial score (nSPS) is 13.7. The quantitative estimate of drug-likeness (QED) is 0.102. The third-order valence-electron chi connectivity index (χ3n) is 6.70. The van der Waals surface area contributed by atoms with Crippen molar-refractivity contribution in [2.75, 3.05) is 0 Å². The number of aliphatic carboxylic acids is 1.